The van der Waals surface area contributed by atoms with Crippen LogP contribution in [-0.4, -0.2) is 68.0 Å². The zero-order chi connectivity index (χ0) is 43.7. The van der Waals surface area contributed by atoms with Crippen LogP contribution < -0.4 is 15.8 Å². The van der Waals surface area contributed by atoms with Gasteiger partial charge in [0, 0.05) is 34.4 Å². The number of anilines is 1. The first-order valence-corrected chi connectivity index (χ1v) is 21.2. The van der Waals surface area contributed by atoms with Gasteiger partial charge in [-0.15, -0.1) is 11.8 Å². The second-order valence-corrected chi connectivity index (χ2v) is 17.9. The standard InChI is InChI=1S/C41H40ClF8N7OS2/c1-20-17-41(49,50)37(32(20)34(51)38(47)48)52-18-31(58)54-29(15-21-13-22(43)16-23(44)14-21)35-26(8-5-24(53-35)11-12-40(2,3)59-4)27-9-10-28(42)33-36(27)57(19-30(45)46)55-39(33)56-60-25-6-7-25/h5,8-10,13-14,16,20,25,29-30,38H,6-7,15,17-19,51H2,1-4H3,(H,54,58)(H,55,56)/t20-,29?/m0/s1. The topological polar surface area (TPSA) is 110 Å². The minimum absolute atomic E-state index is 0.0482. The van der Waals surface area contributed by atoms with Crippen molar-refractivity contribution in [2.24, 2.45) is 16.6 Å². The van der Waals surface area contributed by atoms with Crippen LogP contribution in [0.1, 0.15) is 63.0 Å². The summed E-state index contributed by atoms with van der Waals surface area (Å²) in [7, 11) is 0. The molecule has 2 aliphatic carbocycles. The summed E-state index contributed by atoms with van der Waals surface area (Å²) < 4.78 is 119. The predicted molar refractivity (Wildman–Crippen MR) is 222 cm³/mol. The number of rotatable bonds is 14. The van der Waals surface area contributed by atoms with E-state index < -0.39 is 89.5 Å². The normalized spacial score (nSPS) is 18.6. The summed E-state index contributed by atoms with van der Waals surface area (Å²) >= 11 is 9.58. The fraction of sp³-hybridized carbons (Fsp3) is 0.415. The van der Waals surface area contributed by atoms with Crippen LogP contribution in [-0.2, 0) is 17.8 Å². The Morgan fingerprint density at radius 1 is 1.10 bits per heavy atom. The Bertz CT molecular complexity index is 2390. The predicted octanol–water partition coefficient (Wildman–Crippen LogP) is 10.0. The van der Waals surface area contributed by atoms with Crippen LogP contribution in [0.2, 0.25) is 5.02 Å². The molecule has 320 valence electrons. The van der Waals surface area contributed by atoms with E-state index in [1.807, 2.05) is 20.1 Å². The summed E-state index contributed by atoms with van der Waals surface area (Å²) in [5.41, 5.74) is 3.90. The highest BCUT2D eigenvalue weighted by Crippen LogP contribution is 2.44. The molecular formula is C41H40ClF8N7OS2. The van der Waals surface area contributed by atoms with Gasteiger partial charge in [0.05, 0.1) is 38.1 Å². The first kappa shape index (κ1) is 45.1. The molecule has 1 unspecified atom stereocenters. The summed E-state index contributed by atoms with van der Waals surface area (Å²) in [6, 6.07) is 7.69. The van der Waals surface area contributed by atoms with Gasteiger partial charge in [0.2, 0.25) is 5.91 Å². The maximum absolute atomic E-state index is 15.1. The number of nitrogens with one attached hydrogen (secondary N) is 2. The molecular weight excluding hydrogens is 858 g/mol. The van der Waals surface area contributed by atoms with Crippen molar-refractivity contribution < 1.29 is 39.9 Å². The zero-order valence-corrected chi connectivity index (χ0v) is 35.1. The quantitative estimate of drug-likeness (QED) is 0.0657. The van der Waals surface area contributed by atoms with E-state index in [9.17, 15) is 31.1 Å². The van der Waals surface area contributed by atoms with Gasteiger partial charge in [-0.25, -0.2) is 31.3 Å². The Morgan fingerprint density at radius 2 is 1.78 bits per heavy atom. The van der Waals surface area contributed by atoms with Gasteiger partial charge in [0.25, 0.3) is 18.8 Å². The minimum atomic E-state index is -3.68. The SMILES string of the molecule is CSC(C)(C)C#Cc1ccc(-c2ccc(Cl)c3c(NSC4CC4)nn(CC(F)F)c23)c(C(Cc2cc(F)cc(F)c2)NC(=O)CN=C2C(=C(N)C(F)F)[C@@H](C)CC2(F)F)n1. The summed E-state index contributed by atoms with van der Waals surface area (Å²) in [6.45, 7) is 3.26. The van der Waals surface area contributed by atoms with Crippen LogP contribution in [0.4, 0.5) is 40.9 Å². The zero-order valence-electron chi connectivity index (χ0n) is 32.7. The lowest BCUT2D eigenvalue weighted by molar-refractivity contribution is -0.120. The lowest BCUT2D eigenvalue weighted by atomic mass is 9.93. The number of benzene rings is 2. The molecule has 0 bridgehead atoms. The Labute approximate surface area is 354 Å². The molecule has 2 aliphatic rings. The molecule has 1 amide bonds. The molecule has 2 aromatic carbocycles. The molecule has 2 atom stereocenters. The van der Waals surface area contributed by atoms with Crippen molar-refractivity contribution in [3.63, 3.8) is 0 Å². The Kier molecular flexibility index (Phi) is 13.7. The summed E-state index contributed by atoms with van der Waals surface area (Å²) in [6.07, 6.45) is -3.49. The molecule has 0 saturated heterocycles. The Balaban J connectivity index is 1.53. The average Bonchev–Trinajstić information content (AvgIpc) is 3.88. The number of nitrogens with zero attached hydrogens (tertiary/aromatic N) is 4. The lowest BCUT2D eigenvalue weighted by Gasteiger charge is -2.23. The molecule has 8 nitrogen and oxygen atoms in total. The molecule has 6 rings (SSSR count). The average molecular weight is 898 g/mol. The highest BCUT2D eigenvalue weighted by molar-refractivity contribution is 8.01. The maximum Gasteiger partial charge on any atom is 0.290 e. The van der Waals surface area contributed by atoms with Gasteiger partial charge in [0.1, 0.15) is 36.1 Å². The molecule has 2 saturated carbocycles. The highest BCUT2D eigenvalue weighted by atomic mass is 35.5. The number of aromatic nitrogens is 3. The second kappa shape index (κ2) is 18.3. The van der Waals surface area contributed by atoms with Gasteiger partial charge in [-0.3, -0.25) is 14.5 Å². The number of hydrogen-bond donors (Lipinski definition) is 3. The summed E-state index contributed by atoms with van der Waals surface area (Å²) in [4.78, 5) is 22.4. The monoisotopic (exact) mass is 897 g/mol. The highest BCUT2D eigenvalue weighted by Gasteiger charge is 2.49. The number of pyridine rings is 1. The van der Waals surface area contributed by atoms with Crippen molar-refractivity contribution in [1.82, 2.24) is 20.1 Å². The van der Waals surface area contributed by atoms with E-state index in [1.54, 1.807) is 24.3 Å². The molecule has 0 radical (unpaired) electrons. The van der Waals surface area contributed by atoms with Crippen LogP contribution in [0.15, 0.2) is 58.7 Å². The Morgan fingerprint density at radius 3 is 2.42 bits per heavy atom. The molecule has 0 spiro atoms. The van der Waals surface area contributed by atoms with Crippen molar-refractivity contribution in [3.8, 4) is 23.0 Å². The minimum Gasteiger partial charge on any atom is -0.397 e. The van der Waals surface area contributed by atoms with Crippen molar-refractivity contribution in [2.45, 2.75) is 87.8 Å². The van der Waals surface area contributed by atoms with Crippen molar-refractivity contribution in [2.75, 3.05) is 17.5 Å². The number of alkyl halides is 6. The van der Waals surface area contributed by atoms with E-state index in [4.69, 9.17) is 22.3 Å². The van der Waals surface area contributed by atoms with Crippen molar-refractivity contribution >= 4 is 63.7 Å². The van der Waals surface area contributed by atoms with Crippen LogP contribution in [0.3, 0.4) is 0 Å². The molecule has 60 heavy (non-hydrogen) atoms. The number of nitrogens with two attached hydrogens (primary N) is 1. The number of amides is 1. The molecule has 2 heterocycles. The van der Waals surface area contributed by atoms with E-state index in [2.05, 4.69) is 32.0 Å². The van der Waals surface area contributed by atoms with E-state index in [-0.39, 0.29) is 45.3 Å². The summed E-state index contributed by atoms with van der Waals surface area (Å²) in [5, 5.41) is 7.98. The van der Waals surface area contributed by atoms with Crippen LogP contribution in [0.5, 0.6) is 0 Å². The van der Waals surface area contributed by atoms with Crippen molar-refractivity contribution in [1.29, 1.82) is 0 Å². The smallest absolute Gasteiger partial charge is 0.290 e. The third-order valence-electron chi connectivity index (χ3n) is 9.83. The molecule has 0 aliphatic heterocycles. The molecule has 19 heteroatoms. The first-order valence-electron chi connectivity index (χ1n) is 18.7. The van der Waals surface area contributed by atoms with Crippen molar-refractivity contribution in [3.05, 3.63) is 87.3 Å². The fourth-order valence-electron chi connectivity index (χ4n) is 6.79. The van der Waals surface area contributed by atoms with Crippen LogP contribution in [0.25, 0.3) is 22.0 Å². The molecule has 4 N–H and O–H groups in total. The van der Waals surface area contributed by atoms with Crippen LogP contribution in [0, 0.1) is 29.4 Å². The molecule has 4 aromatic rings. The second-order valence-electron chi connectivity index (χ2n) is 15.0. The number of fused-ring (bicyclic) bond motifs is 1. The number of allylic oxidation sites excluding steroid dienone is 2. The van der Waals surface area contributed by atoms with Gasteiger partial charge >= 0.3 is 0 Å². The van der Waals surface area contributed by atoms with Gasteiger partial charge in [0.15, 0.2) is 5.82 Å². The van der Waals surface area contributed by atoms with E-state index >= 15 is 8.78 Å². The summed E-state index contributed by atoms with van der Waals surface area (Å²) in [5.74, 6) is -1.23. The third-order valence-corrected chi connectivity index (χ3v) is 12.4. The largest absolute Gasteiger partial charge is 0.397 e. The molecule has 2 aromatic heterocycles. The number of halogens is 9. The van der Waals surface area contributed by atoms with Gasteiger partial charge in [-0.05, 0) is 99.0 Å². The Hall–Kier alpha value is -4.47. The van der Waals surface area contributed by atoms with Gasteiger partial charge < -0.3 is 15.8 Å². The van der Waals surface area contributed by atoms with E-state index in [1.165, 1.54) is 30.6 Å². The maximum atomic E-state index is 15.1. The number of hydrogen-bond acceptors (Lipinski definition) is 8. The number of carbonyl (C=O) groups is 1. The number of aliphatic imine (C=N–C) groups is 1. The molecule has 2 fully saturated rings. The first-order chi connectivity index (χ1) is 28.3. The van der Waals surface area contributed by atoms with Gasteiger partial charge in [-0.1, -0.05) is 30.5 Å². The fourth-order valence-corrected chi connectivity index (χ4v) is 7.97. The third kappa shape index (κ3) is 10.5. The number of thioether (sulfide) groups is 1. The number of carbonyl (C=O) groups excluding carboxylic acids is 1. The lowest BCUT2D eigenvalue weighted by Crippen LogP contribution is -2.34. The van der Waals surface area contributed by atoms with Crippen LogP contribution >= 0.6 is 35.3 Å². The van der Waals surface area contributed by atoms with E-state index in [0.29, 0.717) is 22.3 Å². The van der Waals surface area contributed by atoms with Gasteiger partial charge in [-0.2, -0.15) is 13.9 Å². The van der Waals surface area contributed by atoms with E-state index in [0.717, 1.165) is 29.7 Å².